The first-order valence-electron chi connectivity index (χ1n) is 5.14. The van der Waals surface area contributed by atoms with E-state index in [1.165, 1.54) is 6.07 Å². The molecule has 2 rings (SSSR count). The Balaban J connectivity index is 2.23. The van der Waals surface area contributed by atoms with Gasteiger partial charge in [0.2, 0.25) is 0 Å². The van der Waals surface area contributed by atoms with E-state index in [1.807, 2.05) is 19.1 Å². The molecule has 0 fully saturated rings. The van der Waals surface area contributed by atoms with Crippen LogP contribution in [0.4, 0.5) is 0 Å². The van der Waals surface area contributed by atoms with Crippen LogP contribution in [0.2, 0.25) is 0 Å². The molecule has 0 saturated carbocycles. The Morgan fingerprint density at radius 3 is 2.47 bits per heavy atom. The quantitative estimate of drug-likeness (QED) is 0.848. The molecule has 3 nitrogen and oxygen atoms in total. The highest BCUT2D eigenvalue weighted by atomic mass is 31.2. The molecule has 2 aromatic rings. The van der Waals surface area contributed by atoms with E-state index in [0.29, 0.717) is 5.75 Å². The molecule has 87 valence electrons. The smallest absolute Gasteiger partial charge is 0.408 e. The number of rotatable bonds is 3. The molecule has 0 aliphatic rings. The summed E-state index contributed by atoms with van der Waals surface area (Å²) in [6.07, 6.45) is 0. The zero-order valence-corrected chi connectivity index (χ0v) is 10.2. The van der Waals surface area contributed by atoms with Crippen LogP contribution in [-0.2, 0) is 4.57 Å². The van der Waals surface area contributed by atoms with Gasteiger partial charge in [0.15, 0.2) is 0 Å². The molecule has 4 heteroatoms. The van der Waals surface area contributed by atoms with Gasteiger partial charge in [0.25, 0.3) is 0 Å². The SMILES string of the molecule is Cc1ccc(OP(=O)(O)c2[c]cccc2)cc1. The van der Waals surface area contributed by atoms with Gasteiger partial charge in [-0.15, -0.1) is 0 Å². The maximum absolute atomic E-state index is 12.0. The van der Waals surface area contributed by atoms with Gasteiger partial charge in [-0.2, -0.15) is 0 Å². The van der Waals surface area contributed by atoms with Crippen LogP contribution in [0.3, 0.4) is 0 Å². The summed E-state index contributed by atoms with van der Waals surface area (Å²) < 4.78 is 17.1. The first-order chi connectivity index (χ1) is 8.08. The molecule has 0 aromatic heterocycles. The van der Waals surface area contributed by atoms with Crippen molar-refractivity contribution < 1.29 is 14.0 Å². The minimum absolute atomic E-state index is 0.167. The van der Waals surface area contributed by atoms with Crippen molar-refractivity contribution in [1.29, 1.82) is 0 Å². The normalized spacial score (nSPS) is 14.0. The molecule has 0 aliphatic heterocycles. The van der Waals surface area contributed by atoms with Gasteiger partial charge in [0, 0.05) is 0 Å². The summed E-state index contributed by atoms with van der Waals surface area (Å²) in [7, 11) is -3.84. The largest absolute Gasteiger partial charge is 0.421 e. The molecule has 1 N–H and O–H groups in total. The highest BCUT2D eigenvalue weighted by molar-refractivity contribution is 7.61. The second kappa shape index (κ2) is 4.74. The summed E-state index contributed by atoms with van der Waals surface area (Å²) in [5.74, 6) is 0.374. The molecule has 0 saturated heterocycles. The number of hydrogen-bond donors (Lipinski definition) is 1. The predicted octanol–water partition coefficient (Wildman–Crippen LogP) is 2.68. The van der Waals surface area contributed by atoms with Crippen molar-refractivity contribution in [2.24, 2.45) is 0 Å². The molecule has 17 heavy (non-hydrogen) atoms. The lowest BCUT2D eigenvalue weighted by molar-refractivity contribution is 0.393. The summed E-state index contributed by atoms with van der Waals surface area (Å²) in [6, 6.07) is 16.2. The fourth-order valence-electron chi connectivity index (χ4n) is 1.35. The van der Waals surface area contributed by atoms with E-state index < -0.39 is 7.60 Å². The van der Waals surface area contributed by atoms with Gasteiger partial charge in [-0.05, 0) is 31.2 Å². The molecule has 1 unspecified atom stereocenters. The molecular formula is C13H12O3P. The Morgan fingerprint density at radius 2 is 1.88 bits per heavy atom. The molecule has 1 atom stereocenters. The monoisotopic (exact) mass is 247 g/mol. The molecule has 1 radical (unpaired) electrons. The fourth-order valence-corrected chi connectivity index (χ4v) is 2.37. The number of aryl methyl sites for hydroxylation is 1. The lowest BCUT2D eigenvalue weighted by Crippen LogP contribution is -2.08. The molecule has 0 aliphatic carbocycles. The first kappa shape index (κ1) is 11.9. The Labute approximate surface area is 100 Å². The molecular weight excluding hydrogens is 235 g/mol. The third-order valence-corrected chi connectivity index (χ3v) is 3.59. The van der Waals surface area contributed by atoms with E-state index in [4.69, 9.17) is 4.52 Å². The minimum Gasteiger partial charge on any atom is -0.421 e. The van der Waals surface area contributed by atoms with E-state index in [0.717, 1.165) is 5.56 Å². The van der Waals surface area contributed by atoms with Gasteiger partial charge >= 0.3 is 7.60 Å². The average molecular weight is 247 g/mol. The van der Waals surface area contributed by atoms with E-state index in [1.54, 1.807) is 30.3 Å². The minimum atomic E-state index is -3.84. The van der Waals surface area contributed by atoms with Crippen LogP contribution < -0.4 is 9.83 Å². The maximum atomic E-state index is 12.0. The van der Waals surface area contributed by atoms with Crippen LogP contribution >= 0.6 is 7.60 Å². The Bertz CT molecular complexity index is 534. The van der Waals surface area contributed by atoms with Gasteiger partial charge in [-0.3, -0.25) is 0 Å². The van der Waals surface area contributed by atoms with Crippen molar-refractivity contribution in [3.05, 3.63) is 60.2 Å². The molecule has 0 bridgehead atoms. The van der Waals surface area contributed by atoms with E-state index in [-0.39, 0.29) is 5.30 Å². The summed E-state index contributed by atoms with van der Waals surface area (Å²) in [4.78, 5) is 9.81. The second-order valence-corrected chi connectivity index (χ2v) is 5.38. The maximum Gasteiger partial charge on any atom is 0.408 e. The van der Waals surface area contributed by atoms with Crippen LogP contribution in [0.25, 0.3) is 0 Å². The Hall–Kier alpha value is -1.57. The summed E-state index contributed by atoms with van der Waals surface area (Å²) >= 11 is 0. The van der Waals surface area contributed by atoms with Crippen molar-refractivity contribution in [1.82, 2.24) is 0 Å². The van der Waals surface area contributed by atoms with Gasteiger partial charge in [-0.25, -0.2) is 4.57 Å². The van der Waals surface area contributed by atoms with Crippen LogP contribution in [0.5, 0.6) is 5.75 Å². The van der Waals surface area contributed by atoms with Crippen LogP contribution in [0.1, 0.15) is 5.56 Å². The van der Waals surface area contributed by atoms with Crippen LogP contribution in [-0.4, -0.2) is 4.89 Å². The lowest BCUT2D eigenvalue weighted by Gasteiger charge is -2.13. The Morgan fingerprint density at radius 1 is 1.18 bits per heavy atom. The number of hydrogen-bond acceptors (Lipinski definition) is 2. The summed E-state index contributed by atoms with van der Waals surface area (Å²) in [5, 5.41) is 0.167. The highest BCUT2D eigenvalue weighted by Gasteiger charge is 2.23. The lowest BCUT2D eigenvalue weighted by atomic mass is 10.2. The first-order valence-corrected chi connectivity index (χ1v) is 6.72. The van der Waals surface area contributed by atoms with Gasteiger partial charge in [-0.1, -0.05) is 35.9 Å². The Kier molecular flexibility index (Phi) is 3.32. The topological polar surface area (TPSA) is 46.5 Å². The molecule has 0 amide bonds. The zero-order chi connectivity index (χ0) is 12.3. The van der Waals surface area contributed by atoms with Crippen molar-refractivity contribution in [2.45, 2.75) is 6.92 Å². The summed E-state index contributed by atoms with van der Waals surface area (Å²) in [5.41, 5.74) is 1.07. The van der Waals surface area contributed by atoms with Gasteiger partial charge in [0.1, 0.15) is 5.75 Å². The van der Waals surface area contributed by atoms with Crippen molar-refractivity contribution in [3.63, 3.8) is 0 Å². The molecule has 0 heterocycles. The third-order valence-electron chi connectivity index (χ3n) is 2.25. The van der Waals surface area contributed by atoms with Crippen molar-refractivity contribution in [3.8, 4) is 5.75 Å². The predicted molar refractivity (Wildman–Crippen MR) is 66.5 cm³/mol. The van der Waals surface area contributed by atoms with Crippen molar-refractivity contribution >= 4 is 12.9 Å². The van der Waals surface area contributed by atoms with Crippen LogP contribution in [0.15, 0.2) is 48.5 Å². The molecule has 0 spiro atoms. The van der Waals surface area contributed by atoms with E-state index >= 15 is 0 Å². The fraction of sp³-hybridized carbons (Fsp3) is 0.0769. The standard InChI is InChI=1S/C13H12O3P/c1-11-7-9-12(10-8-11)16-17(14,15)13-5-3-2-4-6-13/h2-5,7-10H,1H3,(H,14,15). The second-order valence-electron chi connectivity index (χ2n) is 3.67. The van der Waals surface area contributed by atoms with Crippen molar-refractivity contribution in [2.75, 3.05) is 0 Å². The van der Waals surface area contributed by atoms with E-state index in [2.05, 4.69) is 6.07 Å². The zero-order valence-electron chi connectivity index (χ0n) is 9.33. The summed E-state index contributed by atoms with van der Waals surface area (Å²) in [6.45, 7) is 1.94. The third kappa shape index (κ3) is 2.96. The van der Waals surface area contributed by atoms with Crippen LogP contribution in [0, 0.1) is 13.0 Å². The molecule has 2 aromatic carbocycles. The highest BCUT2D eigenvalue weighted by Crippen LogP contribution is 2.41. The number of benzene rings is 2. The van der Waals surface area contributed by atoms with E-state index in [9.17, 15) is 9.46 Å². The average Bonchev–Trinajstić information content (AvgIpc) is 2.33. The van der Waals surface area contributed by atoms with Gasteiger partial charge < -0.3 is 9.42 Å². The van der Waals surface area contributed by atoms with Gasteiger partial charge in [0.05, 0.1) is 5.30 Å².